The van der Waals surface area contributed by atoms with Crippen LogP contribution < -0.4 is 5.56 Å². The number of nitrogens with zero attached hydrogens (tertiary/aromatic N) is 2. The second-order valence-electron chi connectivity index (χ2n) is 5.70. The Hall–Kier alpha value is -2.37. The fraction of sp³-hybridized carbons (Fsp3) is 0.100. The van der Waals surface area contributed by atoms with Crippen molar-refractivity contribution in [3.63, 3.8) is 0 Å². The first-order valence-electron chi connectivity index (χ1n) is 7.97. The number of hydrogen-bond donors (Lipinski definition) is 0. The number of fused-ring (bicyclic) bond motifs is 1. The Morgan fingerprint density at radius 2 is 1.72 bits per heavy atom. The van der Waals surface area contributed by atoms with Crippen LogP contribution in [-0.4, -0.2) is 9.38 Å². The molecule has 0 saturated heterocycles. The maximum Gasteiger partial charge on any atom is 0.258 e. The standard InChI is InChI=1S/C20H16N2OS2/c23-19-12-18(21-20-22(19)10-11-25-20)14-24-13-15-6-8-17(9-7-15)16-4-2-1-3-5-16/h1-12H,13-14H2. The van der Waals surface area contributed by atoms with Gasteiger partial charge in [-0.05, 0) is 16.7 Å². The molecule has 0 spiro atoms. The molecule has 0 N–H and O–H groups in total. The van der Waals surface area contributed by atoms with Gasteiger partial charge in [0.15, 0.2) is 4.96 Å². The minimum Gasteiger partial charge on any atom is -0.269 e. The quantitative estimate of drug-likeness (QED) is 0.507. The van der Waals surface area contributed by atoms with Gasteiger partial charge in [0.2, 0.25) is 0 Å². The summed E-state index contributed by atoms with van der Waals surface area (Å²) in [5, 5.41) is 1.88. The molecule has 25 heavy (non-hydrogen) atoms. The van der Waals surface area contributed by atoms with E-state index in [0.29, 0.717) is 0 Å². The Bertz CT molecular complexity index is 1040. The molecule has 0 aliphatic carbocycles. The summed E-state index contributed by atoms with van der Waals surface area (Å²) in [4.78, 5) is 17.3. The van der Waals surface area contributed by atoms with Crippen molar-refractivity contribution in [1.82, 2.24) is 9.38 Å². The van der Waals surface area contributed by atoms with Crippen molar-refractivity contribution in [2.24, 2.45) is 0 Å². The van der Waals surface area contributed by atoms with E-state index in [1.165, 1.54) is 28.0 Å². The van der Waals surface area contributed by atoms with Crippen molar-refractivity contribution in [2.45, 2.75) is 11.5 Å². The molecule has 4 rings (SSSR count). The molecule has 2 aromatic carbocycles. The Kier molecular flexibility index (Phi) is 4.68. The molecule has 0 bridgehead atoms. The van der Waals surface area contributed by atoms with Crippen LogP contribution in [0.3, 0.4) is 0 Å². The van der Waals surface area contributed by atoms with Crippen LogP contribution in [-0.2, 0) is 11.5 Å². The Balaban J connectivity index is 1.40. The van der Waals surface area contributed by atoms with E-state index in [-0.39, 0.29) is 5.56 Å². The summed E-state index contributed by atoms with van der Waals surface area (Å²) in [6.45, 7) is 0. The second kappa shape index (κ2) is 7.25. The van der Waals surface area contributed by atoms with E-state index in [1.54, 1.807) is 28.4 Å². The largest absolute Gasteiger partial charge is 0.269 e. The number of thioether (sulfide) groups is 1. The molecule has 0 atom stereocenters. The highest BCUT2D eigenvalue weighted by atomic mass is 32.2. The summed E-state index contributed by atoms with van der Waals surface area (Å²) >= 11 is 3.26. The average molecular weight is 364 g/mol. The van der Waals surface area contributed by atoms with E-state index in [0.717, 1.165) is 22.2 Å². The molecule has 124 valence electrons. The van der Waals surface area contributed by atoms with E-state index in [1.807, 2.05) is 11.4 Å². The van der Waals surface area contributed by atoms with Gasteiger partial charge in [0.25, 0.3) is 5.56 Å². The Morgan fingerprint density at radius 1 is 0.960 bits per heavy atom. The van der Waals surface area contributed by atoms with Gasteiger partial charge in [-0.2, -0.15) is 11.8 Å². The number of thiazole rings is 1. The molecule has 0 amide bonds. The fourth-order valence-corrected chi connectivity index (χ4v) is 4.29. The van der Waals surface area contributed by atoms with Gasteiger partial charge in [0.05, 0.1) is 5.69 Å². The van der Waals surface area contributed by atoms with Crippen LogP contribution in [0.5, 0.6) is 0 Å². The van der Waals surface area contributed by atoms with Crippen molar-refractivity contribution in [3.05, 3.63) is 93.9 Å². The summed E-state index contributed by atoms with van der Waals surface area (Å²) in [5.74, 6) is 1.64. The first-order valence-corrected chi connectivity index (χ1v) is 10.0. The molecule has 0 radical (unpaired) electrons. The molecule has 2 aromatic heterocycles. The maximum atomic E-state index is 12.0. The van der Waals surface area contributed by atoms with E-state index < -0.39 is 0 Å². The van der Waals surface area contributed by atoms with E-state index in [2.05, 4.69) is 53.5 Å². The molecule has 0 aliphatic heterocycles. The van der Waals surface area contributed by atoms with Gasteiger partial charge in [-0.15, -0.1) is 11.3 Å². The average Bonchev–Trinajstić information content (AvgIpc) is 3.12. The highest BCUT2D eigenvalue weighted by Gasteiger charge is 2.04. The van der Waals surface area contributed by atoms with Gasteiger partial charge in [0.1, 0.15) is 0 Å². The lowest BCUT2D eigenvalue weighted by Crippen LogP contribution is -2.12. The predicted octanol–water partition coefficient (Wildman–Crippen LogP) is 4.86. The third-order valence-electron chi connectivity index (χ3n) is 3.94. The summed E-state index contributed by atoms with van der Waals surface area (Å²) < 4.78 is 1.58. The molecule has 5 heteroatoms. The van der Waals surface area contributed by atoms with Gasteiger partial charge in [0, 0.05) is 29.1 Å². The van der Waals surface area contributed by atoms with Crippen LogP contribution in [0.25, 0.3) is 16.1 Å². The van der Waals surface area contributed by atoms with Gasteiger partial charge in [-0.3, -0.25) is 9.20 Å². The van der Waals surface area contributed by atoms with Crippen molar-refractivity contribution >= 4 is 28.1 Å². The summed E-state index contributed by atoms with van der Waals surface area (Å²) in [5.41, 5.74) is 4.58. The van der Waals surface area contributed by atoms with Crippen LogP contribution in [0.1, 0.15) is 11.3 Å². The highest BCUT2D eigenvalue weighted by Crippen LogP contribution is 2.22. The fourth-order valence-electron chi connectivity index (χ4n) is 2.66. The molecular weight excluding hydrogens is 348 g/mol. The van der Waals surface area contributed by atoms with Crippen molar-refractivity contribution in [2.75, 3.05) is 0 Å². The first-order chi connectivity index (χ1) is 12.3. The number of aromatic nitrogens is 2. The normalized spacial score (nSPS) is 11.0. The van der Waals surface area contributed by atoms with E-state index >= 15 is 0 Å². The minimum atomic E-state index is -0.00550. The smallest absolute Gasteiger partial charge is 0.258 e. The third kappa shape index (κ3) is 3.67. The van der Waals surface area contributed by atoms with Gasteiger partial charge in [-0.1, -0.05) is 54.6 Å². The van der Waals surface area contributed by atoms with Crippen molar-refractivity contribution in [1.29, 1.82) is 0 Å². The summed E-state index contributed by atoms with van der Waals surface area (Å²) in [7, 11) is 0. The molecule has 0 unspecified atom stereocenters. The molecule has 0 aliphatic rings. The van der Waals surface area contributed by atoms with Gasteiger partial charge < -0.3 is 0 Å². The predicted molar refractivity (Wildman–Crippen MR) is 106 cm³/mol. The first kappa shape index (κ1) is 16.1. The zero-order valence-corrected chi connectivity index (χ0v) is 15.1. The van der Waals surface area contributed by atoms with E-state index in [9.17, 15) is 4.79 Å². The Labute approximate surface area is 154 Å². The number of rotatable bonds is 5. The third-order valence-corrected chi connectivity index (χ3v) is 5.73. The van der Waals surface area contributed by atoms with Gasteiger partial charge >= 0.3 is 0 Å². The topological polar surface area (TPSA) is 34.4 Å². The van der Waals surface area contributed by atoms with Crippen LogP contribution in [0, 0.1) is 0 Å². The summed E-state index contributed by atoms with van der Waals surface area (Å²) in [6.07, 6.45) is 1.76. The monoisotopic (exact) mass is 364 g/mol. The molecule has 2 heterocycles. The molecule has 3 nitrogen and oxygen atoms in total. The van der Waals surface area contributed by atoms with Crippen LogP contribution >= 0.6 is 23.1 Å². The van der Waals surface area contributed by atoms with Crippen molar-refractivity contribution < 1.29 is 0 Å². The maximum absolute atomic E-state index is 12.0. The number of benzene rings is 2. The number of hydrogen-bond acceptors (Lipinski definition) is 4. The van der Waals surface area contributed by atoms with Crippen LogP contribution in [0.4, 0.5) is 0 Å². The lowest BCUT2D eigenvalue weighted by Gasteiger charge is -2.05. The van der Waals surface area contributed by atoms with Crippen molar-refractivity contribution in [3.8, 4) is 11.1 Å². The highest BCUT2D eigenvalue weighted by molar-refractivity contribution is 7.97. The lowest BCUT2D eigenvalue weighted by molar-refractivity contribution is 1.04. The molecule has 0 fully saturated rings. The lowest BCUT2D eigenvalue weighted by atomic mass is 10.0. The van der Waals surface area contributed by atoms with Crippen LogP contribution in [0.15, 0.2) is 77.0 Å². The summed E-state index contributed by atoms with van der Waals surface area (Å²) in [6, 6.07) is 20.7. The van der Waals surface area contributed by atoms with Crippen LogP contribution in [0.2, 0.25) is 0 Å². The SMILES string of the molecule is O=c1cc(CSCc2ccc(-c3ccccc3)cc2)nc2sccn12. The molecular formula is C20H16N2OS2. The second-order valence-corrected chi connectivity index (χ2v) is 7.56. The molecule has 4 aromatic rings. The van der Waals surface area contributed by atoms with Gasteiger partial charge in [-0.25, -0.2) is 4.98 Å². The Morgan fingerprint density at radius 3 is 2.52 bits per heavy atom. The molecule has 0 saturated carbocycles. The minimum absolute atomic E-state index is 0.00550. The van der Waals surface area contributed by atoms with E-state index in [4.69, 9.17) is 0 Å². The zero-order chi connectivity index (χ0) is 17.1. The zero-order valence-electron chi connectivity index (χ0n) is 13.5.